The first-order valence-electron chi connectivity index (χ1n) is 8.57. The lowest BCUT2D eigenvalue weighted by atomic mass is 10.0. The second-order valence-electron chi connectivity index (χ2n) is 6.26. The smallest absolute Gasteiger partial charge is 0.335 e. The van der Waals surface area contributed by atoms with Crippen molar-refractivity contribution in [3.63, 3.8) is 0 Å². The Morgan fingerprint density at radius 2 is 1.68 bits per heavy atom. The monoisotopic (exact) mass is 380 g/mol. The normalized spacial score (nSPS) is 15.6. The Kier molecular flexibility index (Phi) is 5.17. The largest absolute Gasteiger partial charge is 0.496 e. The minimum absolute atomic E-state index is 0.161. The van der Waals surface area contributed by atoms with Crippen molar-refractivity contribution >= 4 is 29.6 Å². The number of ether oxygens (including phenoxy) is 2. The van der Waals surface area contributed by atoms with Gasteiger partial charge in [0.25, 0.3) is 11.8 Å². The SMILES string of the molecule is COc1ccc(/C=C2\C(=O)NC(=O)N(c3ccccc3C)C2=O)c(OC)c1C. The van der Waals surface area contributed by atoms with Gasteiger partial charge in [0.1, 0.15) is 17.1 Å². The Labute approximate surface area is 162 Å². The number of nitrogens with one attached hydrogen (secondary N) is 1. The highest BCUT2D eigenvalue weighted by molar-refractivity contribution is 6.39. The molecule has 0 aromatic heterocycles. The van der Waals surface area contributed by atoms with Crippen molar-refractivity contribution in [2.45, 2.75) is 13.8 Å². The van der Waals surface area contributed by atoms with E-state index in [1.54, 1.807) is 50.4 Å². The van der Waals surface area contributed by atoms with Crippen molar-refractivity contribution in [3.8, 4) is 11.5 Å². The summed E-state index contributed by atoms with van der Waals surface area (Å²) in [6, 6.07) is 9.59. The summed E-state index contributed by atoms with van der Waals surface area (Å²) < 4.78 is 10.7. The number of hydrogen-bond donors (Lipinski definition) is 1. The van der Waals surface area contributed by atoms with Gasteiger partial charge in [-0.3, -0.25) is 14.9 Å². The minimum Gasteiger partial charge on any atom is -0.496 e. The molecule has 1 saturated heterocycles. The molecule has 0 bridgehead atoms. The summed E-state index contributed by atoms with van der Waals surface area (Å²) in [5.41, 5.74) is 2.25. The van der Waals surface area contributed by atoms with E-state index in [1.807, 2.05) is 6.92 Å². The average molecular weight is 380 g/mol. The van der Waals surface area contributed by atoms with Crippen LogP contribution in [0.15, 0.2) is 42.0 Å². The zero-order chi connectivity index (χ0) is 20.4. The van der Waals surface area contributed by atoms with Crippen LogP contribution in [0.5, 0.6) is 11.5 Å². The van der Waals surface area contributed by atoms with Crippen molar-refractivity contribution in [1.29, 1.82) is 0 Å². The molecule has 0 radical (unpaired) electrons. The number of rotatable bonds is 4. The van der Waals surface area contributed by atoms with Gasteiger partial charge in [-0.2, -0.15) is 0 Å². The number of aryl methyl sites for hydroxylation is 1. The van der Waals surface area contributed by atoms with Crippen LogP contribution in [-0.2, 0) is 9.59 Å². The van der Waals surface area contributed by atoms with Gasteiger partial charge in [0.2, 0.25) is 0 Å². The lowest BCUT2D eigenvalue weighted by Gasteiger charge is -2.27. The maximum atomic E-state index is 13.0. The highest BCUT2D eigenvalue weighted by Crippen LogP contribution is 2.33. The van der Waals surface area contributed by atoms with Crippen molar-refractivity contribution in [3.05, 3.63) is 58.7 Å². The fraction of sp³-hybridized carbons (Fsp3) is 0.190. The molecule has 7 nitrogen and oxygen atoms in total. The molecule has 7 heteroatoms. The summed E-state index contributed by atoms with van der Waals surface area (Å²) in [7, 11) is 3.04. The van der Waals surface area contributed by atoms with Crippen LogP contribution in [0.4, 0.5) is 10.5 Å². The number of methoxy groups -OCH3 is 2. The number of amides is 4. The fourth-order valence-electron chi connectivity index (χ4n) is 3.15. The predicted octanol–water partition coefficient (Wildman–Crippen LogP) is 2.99. The van der Waals surface area contributed by atoms with Crippen LogP contribution in [0, 0.1) is 13.8 Å². The van der Waals surface area contributed by atoms with Crippen LogP contribution in [0.25, 0.3) is 6.08 Å². The molecule has 2 aromatic rings. The van der Waals surface area contributed by atoms with Gasteiger partial charge in [-0.15, -0.1) is 0 Å². The molecule has 0 saturated carbocycles. The van der Waals surface area contributed by atoms with Crippen LogP contribution >= 0.6 is 0 Å². The Morgan fingerprint density at radius 1 is 0.964 bits per heavy atom. The predicted molar refractivity (Wildman–Crippen MR) is 104 cm³/mol. The molecule has 0 spiro atoms. The molecular weight excluding hydrogens is 360 g/mol. The summed E-state index contributed by atoms with van der Waals surface area (Å²) in [5.74, 6) is -0.351. The highest BCUT2D eigenvalue weighted by Gasteiger charge is 2.37. The zero-order valence-corrected chi connectivity index (χ0v) is 16.0. The van der Waals surface area contributed by atoms with E-state index in [0.717, 1.165) is 16.0 Å². The van der Waals surface area contributed by atoms with Crippen molar-refractivity contribution < 1.29 is 23.9 Å². The maximum Gasteiger partial charge on any atom is 0.335 e. The van der Waals surface area contributed by atoms with Crippen molar-refractivity contribution in [2.24, 2.45) is 0 Å². The average Bonchev–Trinajstić information content (AvgIpc) is 2.66. The van der Waals surface area contributed by atoms with Gasteiger partial charge in [0.15, 0.2) is 0 Å². The molecule has 1 fully saturated rings. The van der Waals surface area contributed by atoms with Gasteiger partial charge in [-0.25, -0.2) is 9.69 Å². The van der Waals surface area contributed by atoms with Gasteiger partial charge >= 0.3 is 6.03 Å². The van der Waals surface area contributed by atoms with Gasteiger partial charge in [0.05, 0.1) is 19.9 Å². The highest BCUT2D eigenvalue weighted by atomic mass is 16.5. The van der Waals surface area contributed by atoms with E-state index < -0.39 is 17.8 Å². The summed E-state index contributed by atoms with van der Waals surface area (Å²) >= 11 is 0. The number of urea groups is 1. The fourth-order valence-corrected chi connectivity index (χ4v) is 3.15. The maximum absolute atomic E-state index is 13.0. The summed E-state index contributed by atoms with van der Waals surface area (Å²) in [6.07, 6.45) is 1.42. The van der Waals surface area contributed by atoms with Gasteiger partial charge in [-0.05, 0) is 43.7 Å². The lowest BCUT2D eigenvalue weighted by molar-refractivity contribution is -0.122. The second kappa shape index (κ2) is 7.56. The number of anilines is 1. The summed E-state index contributed by atoms with van der Waals surface area (Å²) in [6.45, 7) is 3.59. The molecule has 1 aliphatic heterocycles. The molecule has 1 heterocycles. The van der Waals surface area contributed by atoms with Crippen LogP contribution in [-0.4, -0.2) is 32.1 Å². The first-order chi connectivity index (χ1) is 13.4. The molecule has 0 aliphatic carbocycles. The molecule has 3 rings (SSSR count). The molecule has 1 aliphatic rings. The molecule has 2 aromatic carbocycles. The number of barbiturate groups is 1. The van der Waals surface area contributed by atoms with E-state index in [4.69, 9.17) is 9.47 Å². The summed E-state index contributed by atoms with van der Waals surface area (Å²) in [4.78, 5) is 38.7. The van der Waals surface area contributed by atoms with E-state index in [0.29, 0.717) is 22.7 Å². The third-order valence-electron chi connectivity index (χ3n) is 4.57. The standard InChI is InChI=1S/C21H20N2O5/c1-12-7-5-6-8-16(12)23-20(25)15(19(24)22-21(23)26)11-14-9-10-17(27-3)13(2)18(14)28-4/h5-11H,1-4H3,(H,22,24,26)/b15-11+. The number of carbonyl (C=O) groups excluding carboxylic acids is 3. The van der Waals surface area contributed by atoms with Gasteiger partial charge in [-0.1, -0.05) is 18.2 Å². The van der Waals surface area contributed by atoms with Crippen molar-refractivity contribution in [2.75, 3.05) is 19.1 Å². The molecule has 28 heavy (non-hydrogen) atoms. The number of para-hydroxylation sites is 1. The van der Waals surface area contributed by atoms with Gasteiger partial charge < -0.3 is 9.47 Å². The molecular formula is C21H20N2O5. The van der Waals surface area contributed by atoms with E-state index >= 15 is 0 Å². The van der Waals surface area contributed by atoms with Crippen LogP contribution < -0.4 is 19.7 Å². The molecule has 4 amide bonds. The van der Waals surface area contributed by atoms with E-state index in [9.17, 15) is 14.4 Å². The van der Waals surface area contributed by atoms with Crippen molar-refractivity contribution in [1.82, 2.24) is 5.32 Å². The van der Waals surface area contributed by atoms with Crippen LogP contribution in [0.2, 0.25) is 0 Å². The van der Waals surface area contributed by atoms with Crippen LogP contribution in [0.3, 0.4) is 0 Å². The number of carbonyl (C=O) groups is 3. The number of hydrogen-bond acceptors (Lipinski definition) is 5. The molecule has 0 unspecified atom stereocenters. The topological polar surface area (TPSA) is 84.9 Å². The lowest BCUT2D eigenvalue weighted by Crippen LogP contribution is -2.54. The molecule has 0 atom stereocenters. The van der Waals surface area contributed by atoms with Gasteiger partial charge in [0, 0.05) is 11.1 Å². The first kappa shape index (κ1) is 19.2. The third-order valence-corrected chi connectivity index (χ3v) is 4.57. The van der Waals surface area contributed by atoms with E-state index in [-0.39, 0.29) is 5.57 Å². The second-order valence-corrected chi connectivity index (χ2v) is 6.26. The quantitative estimate of drug-likeness (QED) is 0.651. The first-order valence-corrected chi connectivity index (χ1v) is 8.57. The number of imide groups is 2. The Bertz CT molecular complexity index is 1010. The molecule has 144 valence electrons. The zero-order valence-electron chi connectivity index (χ0n) is 16.0. The Balaban J connectivity index is 2.10. The van der Waals surface area contributed by atoms with E-state index in [2.05, 4.69) is 5.32 Å². The number of nitrogens with zero attached hydrogens (tertiary/aromatic N) is 1. The molecule has 1 N–H and O–H groups in total. The summed E-state index contributed by atoms with van der Waals surface area (Å²) in [5, 5.41) is 2.22. The Morgan fingerprint density at radius 3 is 2.32 bits per heavy atom. The van der Waals surface area contributed by atoms with E-state index in [1.165, 1.54) is 13.2 Å². The number of benzene rings is 2. The van der Waals surface area contributed by atoms with Crippen LogP contribution in [0.1, 0.15) is 16.7 Å². The minimum atomic E-state index is -0.778. The Hall–Kier alpha value is -3.61. The third kappa shape index (κ3) is 3.22.